The third-order valence-corrected chi connectivity index (χ3v) is 1.27. The van der Waals surface area contributed by atoms with Crippen LogP contribution in [0.15, 0.2) is 12.4 Å². The first-order valence-electron chi connectivity index (χ1n) is 3.51. The molecule has 0 saturated carbocycles. The summed E-state index contributed by atoms with van der Waals surface area (Å²) in [4.78, 5) is 7.61. The molecule has 0 fully saturated rings. The molecule has 0 bridgehead atoms. The fourth-order valence-electron chi connectivity index (χ4n) is 0.553. The first-order valence-corrected chi connectivity index (χ1v) is 3.89. The van der Waals surface area contributed by atoms with E-state index in [0.29, 0.717) is 11.6 Å². The van der Waals surface area contributed by atoms with Crippen LogP contribution in [0.2, 0.25) is 5.02 Å². The molecule has 0 aliphatic heterocycles. The van der Waals surface area contributed by atoms with Crippen LogP contribution in [0.4, 0.5) is 0 Å². The topological polar surface area (TPSA) is 44.2 Å². The second-order valence-electron chi connectivity index (χ2n) is 1.94. The molecule has 1 rings (SSSR count). The van der Waals surface area contributed by atoms with E-state index in [1.807, 2.05) is 6.92 Å². The fraction of sp³-hybridized carbons (Fsp3) is 0.429. The van der Waals surface area contributed by atoms with Crippen LogP contribution in [0, 0.1) is 0 Å². The van der Waals surface area contributed by atoms with E-state index < -0.39 is 0 Å². The number of nitrogens with zero attached hydrogens (tertiary/aromatic N) is 2. The largest absolute Gasteiger partial charge is 0.436 e. The van der Waals surface area contributed by atoms with Crippen LogP contribution in [0.25, 0.3) is 0 Å². The second kappa shape index (κ2) is 4.90. The Balaban J connectivity index is 2.37. The van der Waals surface area contributed by atoms with Gasteiger partial charge in [-0.3, -0.25) is 0 Å². The van der Waals surface area contributed by atoms with Crippen molar-refractivity contribution in [1.82, 2.24) is 9.97 Å². The molecule has 1 aromatic heterocycles. The molecule has 0 aromatic carbocycles. The van der Waals surface area contributed by atoms with Crippen LogP contribution < -0.4 is 4.74 Å². The average molecular weight is 189 g/mol. The van der Waals surface area contributed by atoms with Crippen molar-refractivity contribution in [1.29, 1.82) is 0 Å². The summed E-state index contributed by atoms with van der Waals surface area (Å²) < 4.78 is 9.93. The highest BCUT2D eigenvalue weighted by molar-refractivity contribution is 6.30. The Bertz CT molecular complexity index is 227. The Morgan fingerprint density at radius 2 is 2.08 bits per heavy atom. The SMILES string of the molecule is CCOCOc1ncc(Cl)cn1. The van der Waals surface area contributed by atoms with E-state index in [4.69, 9.17) is 21.1 Å². The van der Waals surface area contributed by atoms with Gasteiger partial charge < -0.3 is 9.47 Å². The summed E-state index contributed by atoms with van der Waals surface area (Å²) in [5, 5.41) is 0.485. The predicted molar refractivity (Wildman–Crippen MR) is 44.2 cm³/mol. The van der Waals surface area contributed by atoms with E-state index >= 15 is 0 Å². The summed E-state index contributed by atoms with van der Waals surface area (Å²) in [5.41, 5.74) is 0. The van der Waals surface area contributed by atoms with E-state index in [9.17, 15) is 0 Å². The first-order chi connectivity index (χ1) is 5.83. The van der Waals surface area contributed by atoms with Crippen LogP contribution in [-0.4, -0.2) is 23.4 Å². The summed E-state index contributed by atoms with van der Waals surface area (Å²) in [7, 11) is 0. The van der Waals surface area contributed by atoms with Gasteiger partial charge in [0.25, 0.3) is 0 Å². The Hall–Kier alpha value is -0.870. The summed E-state index contributed by atoms with van der Waals surface area (Å²) in [6, 6.07) is 0.271. The summed E-state index contributed by atoms with van der Waals surface area (Å²) in [6.45, 7) is 2.65. The zero-order valence-corrected chi connectivity index (χ0v) is 7.41. The van der Waals surface area contributed by atoms with Gasteiger partial charge in [0.2, 0.25) is 0 Å². The fourth-order valence-corrected chi connectivity index (χ4v) is 0.650. The van der Waals surface area contributed by atoms with Gasteiger partial charge in [-0.25, -0.2) is 9.97 Å². The van der Waals surface area contributed by atoms with Crippen molar-refractivity contribution in [3.05, 3.63) is 17.4 Å². The number of ether oxygens (including phenoxy) is 2. The molecule has 0 aliphatic rings. The minimum Gasteiger partial charge on any atom is -0.436 e. The monoisotopic (exact) mass is 188 g/mol. The third-order valence-electron chi connectivity index (χ3n) is 1.07. The minimum absolute atomic E-state index is 0.165. The third kappa shape index (κ3) is 3.02. The standard InChI is InChI=1S/C7H9ClN2O2/c1-2-11-5-12-7-9-3-6(8)4-10-7/h3-4H,2,5H2,1H3. The molecule has 0 spiro atoms. The van der Waals surface area contributed by atoms with Crippen LogP contribution in [0.1, 0.15) is 6.92 Å². The maximum absolute atomic E-state index is 5.56. The van der Waals surface area contributed by atoms with Crippen molar-refractivity contribution in [3.63, 3.8) is 0 Å². The zero-order valence-electron chi connectivity index (χ0n) is 6.66. The lowest BCUT2D eigenvalue weighted by molar-refractivity contribution is 0.0167. The molecular formula is C7H9ClN2O2. The molecule has 1 aromatic rings. The van der Waals surface area contributed by atoms with E-state index in [1.54, 1.807) is 0 Å². The number of hydrogen-bond acceptors (Lipinski definition) is 4. The Kier molecular flexibility index (Phi) is 3.76. The molecule has 0 atom stereocenters. The molecule has 0 N–H and O–H groups in total. The minimum atomic E-state index is 0.165. The van der Waals surface area contributed by atoms with Gasteiger partial charge in [0.05, 0.1) is 17.4 Å². The van der Waals surface area contributed by atoms with Gasteiger partial charge in [0.1, 0.15) is 0 Å². The van der Waals surface area contributed by atoms with Gasteiger partial charge >= 0.3 is 6.01 Å². The molecule has 66 valence electrons. The van der Waals surface area contributed by atoms with Crippen LogP contribution in [-0.2, 0) is 4.74 Å². The smallest absolute Gasteiger partial charge is 0.318 e. The van der Waals surface area contributed by atoms with E-state index in [2.05, 4.69) is 9.97 Å². The van der Waals surface area contributed by atoms with E-state index in [1.165, 1.54) is 12.4 Å². The molecular weight excluding hydrogens is 180 g/mol. The molecule has 0 amide bonds. The van der Waals surface area contributed by atoms with Gasteiger partial charge in [-0.05, 0) is 6.92 Å². The van der Waals surface area contributed by atoms with Crippen LogP contribution in [0.3, 0.4) is 0 Å². The highest BCUT2D eigenvalue weighted by atomic mass is 35.5. The van der Waals surface area contributed by atoms with E-state index in [0.717, 1.165) is 0 Å². The Labute approximate surface area is 75.5 Å². The highest BCUT2D eigenvalue weighted by Gasteiger charge is 1.95. The molecule has 12 heavy (non-hydrogen) atoms. The number of halogens is 1. The highest BCUT2D eigenvalue weighted by Crippen LogP contribution is 2.06. The maximum atomic E-state index is 5.56. The lowest BCUT2D eigenvalue weighted by Crippen LogP contribution is -2.04. The van der Waals surface area contributed by atoms with Gasteiger partial charge in [-0.15, -0.1) is 0 Å². The Morgan fingerprint density at radius 1 is 1.42 bits per heavy atom. The molecule has 0 aliphatic carbocycles. The van der Waals surface area contributed by atoms with Crippen molar-refractivity contribution in [2.24, 2.45) is 0 Å². The molecule has 5 heteroatoms. The van der Waals surface area contributed by atoms with Crippen molar-refractivity contribution in [2.45, 2.75) is 6.92 Å². The normalized spacial score (nSPS) is 9.83. The maximum Gasteiger partial charge on any atom is 0.318 e. The lowest BCUT2D eigenvalue weighted by atomic mass is 10.7. The van der Waals surface area contributed by atoms with Gasteiger partial charge in [0, 0.05) is 6.61 Å². The van der Waals surface area contributed by atoms with Crippen molar-refractivity contribution >= 4 is 11.6 Å². The molecule has 0 radical (unpaired) electrons. The van der Waals surface area contributed by atoms with Gasteiger partial charge in [-0.1, -0.05) is 11.6 Å². The van der Waals surface area contributed by atoms with Crippen molar-refractivity contribution in [3.8, 4) is 6.01 Å². The van der Waals surface area contributed by atoms with Crippen molar-refractivity contribution < 1.29 is 9.47 Å². The molecule has 0 unspecified atom stereocenters. The predicted octanol–water partition coefficient (Wildman–Crippen LogP) is 1.50. The van der Waals surface area contributed by atoms with Crippen LogP contribution in [0.5, 0.6) is 6.01 Å². The quantitative estimate of drug-likeness (QED) is 0.531. The number of rotatable bonds is 4. The second-order valence-corrected chi connectivity index (χ2v) is 2.38. The number of aromatic nitrogens is 2. The lowest BCUT2D eigenvalue weighted by Gasteiger charge is -2.02. The molecule has 1 heterocycles. The summed E-state index contributed by atoms with van der Waals surface area (Å²) >= 11 is 5.56. The Morgan fingerprint density at radius 3 is 2.67 bits per heavy atom. The van der Waals surface area contributed by atoms with Crippen LogP contribution >= 0.6 is 11.6 Å². The molecule has 0 saturated heterocycles. The number of hydrogen-bond donors (Lipinski definition) is 0. The van der Waals surface area contributed by atoms with Gasteiger partial charge in [0.15, 0.2) is 6.79 Å². The summed E-state index contributed by atoms with van der Waals surface area (Å²) in [6.07, 6.45) is 2.94. The average Bonchev–Trinajstić information content (AvgIpc) is 2.09. The first kappa shape index (κ1) is 9.22. The summed E-state index contributed by atoms with van der Waals surface area (Å²) in [5.74, 6) is 0. The zero-order chi connectivity index (χ0) is 8.81. The molecule has 4 nitrogen and oxygen atoms in total. The van der Waals surface area contributed by atoms with Crippen molar-refractivity contribution in [2.75, 3.05) is 13.4 Å². The van der Waals surface area contributed by atoms with Gasteiger partial charge in [-0.2, -0.15) is 0 Å². The van der Waals surface area contributed by atoms with E-state index in [-0.39, 0.29) is 12.8 Å².